The van der Waals surface area contributed by atoms with Crippen LogP contribution in [0.3, 0.4) is 0 Å². The fourth-order valence-electron chi connectivity index (χ4n) is 4.12. The lowest BCUT2D eigenvalue weighted by molar-refractivity contribution is -0.132. The summed E-state index contributed by atoms with van der Waals surface area (Å²) in [5, 5.41) is 11.2. The Morgan fingerprint density at radius 3 is 2.47 bits per heavy atom. The lowest BCUT2D eigenvalue weighted by atomic mass is 9.99. The first kappa shape index (κ1) is 24.8. The molecule has 1 aliphatic rings. The Morgan fingerprint density at radius 2 is 1.81 bits per heavy atom. The van der Waals surface area contributed by atoms with Crippen molar-refractivity contribution in [3.63, 3.8) is 0 Å². The van der Waals surface area contributed by atoms with Crippen molar-refractivity contribution in [2.24, 2.45) is 0 Å². The third kappa shape index (κ3) is 4.88. The van der Waals surface area contributed by atoms with E-state index in [4.69, 9.17) is 13.9 Å². The number of ketones is 1. The number of benzene rings is 2. The maximum absolute atomic E-state index is 13.2. The summed E-state index contributed by atoms with van der Waals surface area (Å²) >= 11 is 0. The molecule has 1 fully saturated rings. The predicted octanol–water partition coefficient (Wildman–Crippen LogP) is 5.26. The maximum Gasteiger partial charge on any atom is 0.337 e. The Kier molecular flexibility index (Phi) is 7.53. The number of Topliss-reactive ketones (excluding diaryl/α,β-unsaturated/α-hetero) is 1. The molecular weight excluding hydrogens is 462 g/mol. The Morgan fingerprint density at radius 1 is 1.03 bits per heavy atom. The predicted molar refractivity (Wildman–Crippen MR) is 133 cm³/mol. The summed E-state index contributed by atoms with van der Waals surface area (Å²) in [5.74, 6) is -1.70. The third-order valence-corrected chi connectivity index (χ3v) is 5.95. The molecule has 186 valence electrons. The lowest BCUT2D eigenvalue weighted by Gasteiger charge is -2.23. The van der Waals surface area contributed by atoms with Gasteiger partial charge in [0.25, 0.3) is 11.7 Å². The number of carbonyl (C=O) groups excluding carboxylic acids is 3. The molecule has 2 heterocycles. The van der Waals surface area contributed by atoms with E-state index in [0.29, 0.717) is 17.9 Å². The van der Waals surface area contributed by atoms with Crippen molar-refractivity contribution < 1.29 is 33.4 Å². The Labute approximate surface area is 208 Å². The van der Waals surface area contributed by atoms with E-state index >= 15 is 0 Å². The van der Waals surface area contributed by atoms with E-state index in [1.54, 1.807) is 54.6 Å². The standard InChI is InChI=1S/C28H27NO7/c1-3-4-5-15-35-21-13-11-18(12-14-21)25(30)23-24(22-10-7-16-36-22)29(27(32)26(23)31)20-9-6-8-19(17-20)28(33)34-2/h6-14,16-17,24,30H,3-5,15H2,1-2H3/b25-23-. The number of methoxy groups -OCH3 is 1. The van der Waals surface area contributed by atoms with Crippen molar-refractivity contribution >= 4 is 29.1 Å². The van der Waals surface area contributed by atoms with Gasteiger partial charge >= 0.3 is 5.97 Å². The highest BCUT2D eigenvalue weighted by Gasteiger charge is 2.48. The Balaban J connectivity index is 1.73. The SMILES string of the molecule is CCCCCOc1ccc(/C(O)=C2/C(=O)C(=O)N(c3cccc(C(=O)OC)c3)C2c2ccco2)cc1. The molecule has 0 spiro atoms. The first-order valence-corrected chi connectivity index (χ1v) is 11.7. The molecule has 4 rings (SSSR count). The summed E-state index contributed by atoms with van der Waals surface area (Å²) in [7, 11) is 1.26. The number of unbranched alkanes of at least 4 members (excludes halogenated alkanes) is 2. The van der Waals surface area contributed by atoms with Crippen LogP contribution in [-0.2, 0) is 14.3 Å². The number of ether oxygens (including phenoxy) is 2. The molecule has 1 aromatic heterocycles. The molecule has 2 aromatic carbocycles. The van der Waals surface area contributed by atoms with Gasteiger partial charge in [0.15, 0.2) is 0 Å². The second-order valence-electron chi connectivity index (χ2n) is 8.31. The van der Waals surface area contributed by atoms with Crippen LogP contribution in [0.15, 0.2) is 76.9 Å². The molecule has 1 aliphatic heterocycles. The van der Waals surface area contributed by atoms with Crippen LogP contribution in [0.4, 0.5) is 5.69 Å². The molecular formula is C28H27NO7. The number of furan rings is 1. The first-order valence-electron chi connectivity index (χ1n) is 11.7. The lowest BCUT2D eigenvalue weighted by Crippen LogP contribution is -2.29. The van der Waals surface area contributed by atoms with E-state index in [0.717, 1.165) is 19.3 Å². The van der Waals surface area contributed by atoms with Crippen molar-refractivity contribution in [3.05, 3.63) is 89.4 Å². The molecule has 8 nitrogen and oxygen atoms in total. The normalized spacial score (nSPS) is 16.8. The monoisotopic (exact) mass is 489 g/mol. The minimum Gasteiger partial charge on any atom is -0.507 e. The number of hydrogen-bond donors (Lipinski definition) is 1. The number of aliphatic hydroxyl groups is 1. The highest BCUT2D eigenvalue weighted by atomic mass is 16.5. The molecule has 36 heavy (non-hydrogen) atoms. The van der Waals surface area contributed by atoms with Gasteiger partial charge in [-0.3, -0.25) is 14.5 Å². The van der Waals surface area contributed by atoms with Crippen LogP contribution >= 0.6 is 0 Å². The van der Waals surface area contributed by atoms with Crippen molar-refractivity contribution in [3.8, 4) is 5.75 Å². The summed E-state index contributed by atoms with van der Waals surface area (Å²) in [6.07, 6.45) is 4.54. The zero-order chi connectivity index (χ0) is 25.7. The van der Waals surface area contributed by atoms with Gasteiger partial charge in [-0.05, 0) is 61.0 Å². The summed E-state index contributed by atoms with van der Waals surface area (Å²) in [6.45, 7) is 2.71. The Bertz CT molecular complexity index is 1280. The minimum absolute atomic E-state index is 0.116. The van der Waals surface area contributed by atoms with Crippen LogP contribution in [0.25, 0.3) is 5.76 Å². The molecule has 0 bridgehead atoms. The van der Waals surface area contributed by atoms with Crippen LogP contribution in [-0.4, -0.2) is 36.5 Å². The highest BCUT2D eigenvalue weighted by Crippen LogP contribution is 2.42. The highest BCUT2D eigenvalue weighted by molar-refractivity contribution is 6.51. The molecule has 0 radical (unpaired) electrons. The molecule has 1 amide bonds. The second-order valence-corrected chi connectivity index (χ2v) is 8.31. The van der Waals surface area contributed by atoms with E-state index in [-0.39, 0.29) is 28.3 Å². The van der Waals surface area contributed by atoms with E-state index in [1.165, 1.54) is 24.3 Å². The fourth-order valence-corrected chi connectivity index (χ4v) is 4.12. The number of anilines is 1. The summed E-state index contributed by atoms with van der Waals surface area (Å²) in [6, 6.07) is 15.1. The number of rotatable bonds is 9. The van der Waals surface area contributed by atoms with E-state index in [9.17, 15) is 19.5 Å². The van der Waals surface area contributed by atoms with Crippen LogP contribution in [0.2, 0.25) is 0 Å². The van der Waals surface area contributed by atoms with Crippen LogP contribution in [0.5, 0.6) is 5.75 Å². The topological polar surface area (TPSA) is 106 Å². The van der Waals surface area contributed by atoms with Crippen LogP contribution in [0, 0.1) is 0 Å². The van der Waals surface area contributed by atoms with Crippen molar-refractivity contribution in [1.29, 1.82) is 0 Å². The van der Waals surface area contributed by atoms with Gasteiger partial charge in [-0.15, -0.1) is 0 Å². The first-order chi connectivity index (χ1) is 17.5. The average molecular weight is 490 g/mol. The average Bonchev–Trinajstić information content (AvgIpc) is 3.53. The molecule has 1 N–H and O–H groups in total. The van der Waals surface area contributed by atoms with Gasteiger partial charge in [-0.25, -0.2) is 4.79 Å². The molecule has 0 saturated carbocycles. The van der Waals surface area contributed by atoms with Gasteiger partial charge in [0, 0.05) is 11.3 Å². The fraction of sp³-hybridized carbons (Fsp3) is 0.250. The van der Waals surface area contributed by atoms with Crippen molar-refractivity contribution in [1.82, 2.24) is 0 Å². The molecule has 8 heteroatoms. The number of nitrogens with zero attached hydrogens (tertiary/aromatic N) is 1. The van der Waals surface area contributed by atoms with Gasteiger partial charge in [0.1, 0.15) is 23.3 Å². The molecule has 1 atom stereocenters. The molecule has 0 aliphatic carbocycles. The summed E-state index contributed by atoms with van der Waals surface area (Å²) in [5.41, 5.74) is 0.740. The van der Waals surface area contributed by atoms with Gasteiger partial charge in [0.2, 0.25) is 0 Å². The number of amides is 1. The molecule has 1 unspecified atom stereocenters. The largest absolute Gasteiger partial charge is 0.507 e. The number of esters is 1. The van der Waals surface area contributed by atoms with Gasteiger partial charge in [-0.2, -0.15) is 0 Å². The summed E-state index contributed by atoms with van der Waals surface area (Å²) < 4.78 is 16.1. The van der Waals surface area contributed by atoms with Crippen molar-refractivity contribution in [2.45, 2.75) is 32.2 Å². The van der Waals surface area contributed by atoms with E-state index in [1.807, 2.05) is 0 Å². The van der Waals surface area contributed by atoms with Gasteiger partial charge in [-0.1, -0.05) is 25.8 Å². The smallest absolute Gasteiger partial charge is 0.337 e. The number of carbonyl (C=O) groups is 3. The summed E-state index contributed by atoms with van der Waals surface area (Å²) in [4.78, 5) is 39.6. The zero-order valence-electron chi connectivity index (χ0n) is 20.1. The number of aliphatic hydroxyl groups excluding tert-OH is 1. The molecule has 1 saturated heterocycles. The van der Waals surface area contributed by atoms with E-state index in [2.05, 4.69) is 6.92 Å². The van der Waals surface area contributed by atoms with E-state index < -0.39 is 23.7 Å². The van der Waals surface area contributed by atoms with Gasteiger partial charge < -0.3 is 19.0 Å². The quantitative estimate of drug-likeness (QED) is 0.144. The number of hydrogen-bond acceptors (Lipinski definition) is 7. The maximum atomic E-state index is 13.2. The minimum atomic E-state index is -1.03. The van der Waals surface area contributed by atoms with Gasteiger partial charge in [0.05, 0.1) is 31.1 Å². The zero-order valence-corrected chi connectivity index (χ0v) is 20.1. The third-order valence-electron chi connectivity index (χ3n) is 5.95. The second kappa shape index (κ2) is 10.9. The van der Waals surface area contributed by atoms with Crippen LogP contribution in [0.1, 0.15) is 53.9 Å². The Hall–Kier alpha value is -4.33. The van der Waals surface area contributed by atoms with Crippen LogP contribution < -0.4 is 9.64 Å². The van der Waals surface area contributed by atoms with Crippen molar-refractivity contribution in [2.75, 3.05) is 18.6 Å². The molecule has 3 aromatic rings.